The number of para-hydroxylation sites is 2. The van der Waals surface area contributed by atoms with E-state index in [9.17, 15) is 24.0 Å². The molecule has 4 atom stereocenters. The van der Waals surface area contributed by atoms with Crippen molar-refractivity contribution in [2.45, 2.75) is 70.9 Å². The minimum absolute atomic E-state index is 0.0254. The number of benzene rings is 2. The Morgan fingerprint density at radius 2 is 1.34 bits per heavy atom. The number of amides is 3. The van der Waals surface area contributed by atoms with Crippen LogP contribution in [0, 0.1) is 11.3 Å². The molecule has 2 saturated heterocycles. The van der Waals surface area contributed by atoms with Crippen LogP contribution >= 0.6 is 11.8 Å². The summed E-state index contributed by atoms with van der Waals surface area (Å²) in [5, 5.41) is 12.6. The minimum atomic E-state index is -0.923. The highest BCUT2D eigenvalue weighted by molar-refractivity contribution is 7.99. The molecule has 4 aromatic heterocycles. The molecule has 4 aliphatic rings. The van der Waals surface area contributed by atoms with E-state index in [1.165, 1.54) is 0 Å². The maximum absolute atomic E-state index is 14.2. The SMILES string of the molecule is CCSCC1CC(=O)c2c([nH]c(-c3ccnc(NC(=O)CCC(=O)Nc4cc(-c5[nH]c6c(c5Nc5ccccc5)C(=O)CC(C)(C(=O)N5C[C@H]7C[C@@H]5CO7)C6)ccn4)c3)c2Nc2ccccc2)C1. The lowest BCUT2D eigenvalue weighted by Crippen LogP contribution is -2.51. The van der Waals surface area contributed by atoms with Crippen molar-refractivity contribution in [3.8, 4) is 22.5 Å². The maximum Gasteiger partial charge on any atom is 0.229 e. The van der Waals surface area contributed by atoms with Gasteiger partial charge in [0.15, 0.2) is 11.6 Å². The van der Waals surface area contributed by atoms with Crippen molar-refractivity contribution in [3.63, 3.8) is 0 Å². The lowest BCUT2D eigenvalue weighted by molar-refractivity contribution is -0.146. The van der Waals surface area contributed by atoms with E-state index in [0.717, 1.165) is 52.7 Å². The highest BCUT2D eigenvalue weighted by Gasteiger charge is 2.50. The van der Waals surface area contributed by atoms with Crippen molar-refractivity contribution >= 4 is 75.4 Å². The third-order valence-corrected chi connectivity index (χ3v) is 14.4. The Hall–Kier alpha value is -7.04. The Bertz CT molecular complexity index is 2920. The van der Waals surface area contributed by atoms with Gasteiger partial charge < -0.3 is 40.9 Å². The second-order valence-electron chi connectivity index (χ2n) is 18.4. The average molecular weight is 932 g/mol. The van der Waals surface area contributed by atoms with E-state index in [-0.39, 0.29) is 60.6 Å². The number of morpholine rings is 1. The smallest absolute Gasteiger partial charge is 0.229 e. The summed E-state index contributed by atoms with van der Waals surface area (Å²) in [5.41, 5.74) is 7.46. The number of aromatic amines is 2. The van der Waals surface area contributed by atoms with Gasteiger partial charge in [0, 0.05) is 84.9 Å². The summed E-state index contributed by atoms with van der Waals surface area (Å²) < 4.78 is 5.75. The van der Waals surface area contributed by atoms with Crippen molar-refractivity contribution in [2.75, 3.05) is 45.9 Å². The van der Waals surface area contributed by atoms with Crippen LogP contribution in [0.3, 0.4) is 0 Å². The predicted octanol–water partition coefficient (Wildman–Crippen LogP) is 8.94. The van der Waals surface area contributed by atoms with Crippen molar-refractivity contribution in [2.24, 2.45) is 11.3 Å². The molecule has 0 spiro atoms. The Kier molecular flexibility index (Phi) is 12.5. The minimum Gasteiger partial charge on any atom is -0.374 e. The average Bonchev–Trinajstić information content (AvgIpc) is 4.14. The van der Waals surface area contributed by atoms with Crippen molar-refractivity contribution in [1.29, 1.82) is 0 Å². The molecule has 6 N–H and O–H groups in total. The van der Waals surface area contributed by atoms with Crippen LogP contribution in [0.5, 0.6) is 0 Å². The Labute approximate surface area is 398 Å². The van der Waals surface area contributed by atoms with Crippen LogP contribution in [0.4, 0.5) is 34.4 Å². The molecule has 0 saturated carbocycles. The number of H-pyrrole nitrogens is 2. The zero-order valence-electron chi connectivity index (χ0n) is 37.9. The summed E-state index contributed by atoms with van der Waals surface area (Å²) in [6.07, 6.45) is 5.47. The highest BCUT2D eigenvalue weighted by atomic mass is 32.2. The second kappa shape index (κ2) is 18.9. The van der Waals surface area contributed by atoms with Crippen LogP contribution in [0.15, 0.2) is 97.3 Å². The number of thioether (sulfide) groups is 1. The number of Topliss-reactive ketones (excluding diaryl/α,β-unsaturated/α-hetero) is 2. The number of carbonyl (C=O) groups excluding carboxylic acids is 5. The van der Waals surface area contributed by atoms with Crippen molar-refractivity contribution in [1.82, 2.24) is 24.8 Å². The molecule has 2 fully saturated rings. The first kappa shape index (κ1) is 44.8. The summed E-state index contributed by atoms with van der Waals surface area (Å²) in [6, 6.07) is 26.4. The molecule has 6 aromatic rings. The van der Waals surface area contributed by atoms with Crippen LogP contribution in [-0.4, -0.2) is 90.9 Å². The molecule has 68 heavy (non-hydrogen) atoms. The molecule has 2 aliphatic heterocycles. The van der Waals surface area contributed by atoms with Gasteiger partial charge in [0.05, 0.1) is 58.1 Å². The van der Waals surface area contributed by atoms with E-state index in [4.69, 9.17) is 4.74 Å². The van der Waals surface area contributed by atoms with Crippen LogP contribution in [0.2, 0.25) is 0 Å². The van der Waals surface area contributed by atoms with E-state index >= 15 is 0 Å². The van der Waals surface area contributed by atoms with E-state index in [2.05, 4.69) is 48.1 Å². The first-order valence-electron chi connectivity index (χ1n) is 23.2. The first-order valence-corrected chi connectivity index (χ1v) is 24.4. The molecule has 16 heteroatoms. The molecular weight excluding hydrogens is 879 g/mol. The van der Waals surface area contributed by atoms with Crippen LogP contribution in [0.25, 0.3) is 22.5 Å². The molecular formula is C52H53N9O6S. The second-order valence-corrected chi connectivity index (χ2v) is 19.7. The normalized spacial score (nSPS) is 20.4. The van der Waals surface area contributed by atoms with Gasteiger partial charge in [0.25, 0.3) is 0 Å². The number of rotatable bonds is 15. The number of hydrogen-bond acceptors (Lipinski definition) is 11. The number of nitrogens with one attached hydrogen (secondary N) is 6. The van der Waals surface area contributed by atoms with Gasteiger partial charge >= 0.3 is 0 Å². The molecule has 0 radical (unpaired) electrons. The molecule has 348 valence electrons. The van der Waals surface area contributed by atoms with Crippen LogP contribution in [0.1, 0.15) is 78.1 Å². The van der Waals surface area contributed by atoms with Gasteiger partial charge in [-0.2, -0.15) is 11.8 Å². The van der Waals surface area contributed by atoms with Gasteiger partial charge in [0.1, 0.15) is 11.6 Å². The number of pyridine rings is 2. The molecule has 6 heterocycles. The van der Waals surface area contributed by atoms with Gasteiger partial charge in [-0.05, 0) is 85.7 Å². The van der Waals surface area contributed by atoms with Crippen LogP contribution in [-0.2, 0) is 32.0 Å². The monoisotopic (exact) mass is 931 g/mol. The number of aromatic nitrogens is 4. The van der Waals surface area contributed by atoms with Gasteiger partial charge in [-0.15, -0.1) is 0 Å². The molecule has 10 rings (SSSR count). The van der Waals surface area contributed by atoms with Crippen molar-refractivity contribution in [3.05, 3.63) is 120 Å². The zero-order valence-corrected chi connectivity index (χ0v) is 38.8. The molecule has 2 unspecified atom stereocenters. The molecule has 15 nitrogen and oxygen atoms in total. The van der Waals surface area contributed by atoms with Crippen molar-refractivity contribution < 1.29 is 28.7 Å². The maximum atomic E-state index is 14.2. The predicted molar refractivity (Wildman–Crippen MR) is 264 cm³/mol. The summed E-state index contributed by atoms with van der Waals surface area (Å²) >= 11 is 1.84. The number of carbonyl (C=O) groups is 5. The zero-order chi connectivity index (χ0) is 46.9. The molecule has 2 bridgehead atoms. The van der Waals surface area contributed by atoms with Crippen LogP contribution < -0.4 is 21.3 Å². The van der Waals surface area contributed by atoms with E-state index in [1.807, 2.05) is 90.3 Å². The number of fused-ring (bicyclic) bond motifs is 4. The largest absolute Gasteiger partial charge is 0.374 e. The molecule has 2 aliphatic carbocycles. The Balaban J connectivity index is 0.828. The summed E-state index contributed by atoms with van der Waals surface area (Å²) in [7, 11) is 0. The summed E-state index contributed by atoms with van der Waals surface area (Å²) in [6.45, 7) is 5.08. The van der Waals surface area contributed by atoms with Gasteiger partial charge in [-0.25, -0.2) is 9.97 Å². The summed E-state index contributed by atoms with van der Waals surface area (Å²) in [5.74, 6) is 1.84. The fourth-order valence-corrected chi connectivity index (χ4v) is 10.9. The van der Waals surface area contributed by atoms with Gasteiger partial charge in [0.2, 0.25) is 17.7 Å². The number of nitrogens with zero attached hydrogens (tertiary/aromatic N) is 3. The lowest BCUT2D eigenvalue weighted by Gasteiger charge is -2.38. The molecule has 3 amide bonds. The Morgan fingerprint density at radius 3 is 1.88 bits per heavy atom. The topological polar surface area (TPSA) is 203 Å². The number of anilines is 6. The summed E-state index contributed by atoms with van der Waals surface area (Å²) in [4.78, 5) is 86.3. The third-order valence-electron chi connectivity index (χ3n) is 13.3. The first-order chi connectivity index (χ1) is 33.0. The number of ether oxygens (including phenoxy) is 1. The lowest BCUT2D eigenvalue weighted by atomic mass is 9.73. The Morgan fingerprint density at radius 1 is 0.765 bits per heavy atom. The third kappa shape index (κ3) is 9.17. The molecule has 2 aromatic carbocycles. The number of likely N-dealkylation sites (tertiary alicyclic amines) is 1. The van der Waals surface area contributed by atoms with Gasteiger partial charge in [-0.3, -0.25) is 24.0 Å². The fraction of sp³-hybridized carbons (Fsp3) is 0.327. The highest BCUT2D eigenvalue weighted by Crippen LogP contribution is 2.46. The fourth-order valence-electron chi connectivity index (χ4n) is 10.1. The quantitative estimate of drug-likeness (QED) is 0.0574. The van der Waals surface area contributed by atoms with Gasteiger partial charge in [-0.1, -0.05) is 43.3 Å². The van der Waals surface area contributed by atoms with E-state index in [0.29, 0.717) is 71.3 Å². The number of hydrogen-bond donors (Lipinski definition) is 6. The van der Waals surface area contributed by atoms with E-state index in [1.54, 1.807) is 30.6 Å². The number of ketones is 2. The van der Waals surface area contributed by atoms with E-state index < -0.39 is 17.2 Å². The standard InChI is InChI=1S/C52H53N9O6S/c1-3-68-29-30-20-37-45(39(62)21-30)49(55-33-10-6-4-7-11-33)47(57-37)31-16-18-53-41(22-31)59-43(64)14-15-44(65)60-42-23-32(17-19-54-42)48-50(56-34-12-8-5-9-13-34)46-38(58-48)25-52(2,26-40(46)63)51(66)61-27-36-24-35(61)28-67-36/h4-13,16-19,22-23,30,35-36,55-58H,3,14-15,20-21,24-29H2,1-2H3,(H,53,59,64)(H,54,60,65)/t30?,35-,36-,52?/m1/s1.